The number of rotatable bonds is 8. The average Bonchev–Trinajstić information content (AvgIpc) is 3.22. The van der Waals surface area contributed by atoms with Gasteiger partial charge in [0.1, 0.15) is 11.5 Å². The molecule has 2 aromatic carbocycles. The van der Waals surface area contributed by atoms with Gasteiger partial charge in [0.15, 0.2) is 6.61 Å². The molecule has 1 amide bonds. The van der Waals surface area contributed by atoms with E-state index in [-0.39, 0.29) is 24.3 Å². The molecule has 27 heavy (non-hydrogen) atoms. The first kappa shape index (κ1) is 19.2. The number of carbonyl (C=O) groups is 1. The molecule has 0 spiro atoms. The number of phenols is 1. The second-order valence-corrected chi connectivity index (χ2v) is 7.14. The molecular formula is C22H28N2O3. The predicted octanol–water partition coefficient (Wildman–Crippen LogP) is 3.11. The van der Waals surface area contributed by atoms with Crippen molar-refractivity contribution < 1.29 is 14.6 Å². The number of likely N-dealkylation sites (tertiary alicyclic amines) is 1. The minimum Gasteiger partial charge on any atom is -0.508 e. The first-order chi connectivity index (χ1) is 13.1. The van der Waals surface area contributed by atoms with E-state index < -0.39 is 0 Å². The minimum absolute atomic E-state index is 0.0657. The van der Waals surface area contributed by atoms with Gasteiger partial charge < -0.3 is 20.1 Å². The van der Waals surface area contributed by atoms with E-state index in [1.807, 2.05) is 41.3 Å². The van der Waals surface area contributed by atoms with Gasteiger partial charge in [0, 0.05) is 31.2 Å². The summed E-state index contributed by atoms with van der Waals surface area (Å²) in [6.07, 6.45) is 3.05. The quantitative estimate of drug-likeness (QED) is 0.752. The highest BCUT2D eigenvalue weighted by molar-refractivity contribution is 5.78. The summed E-state index contributed by atoms with van der Waals surface area (Å²) in [5.74, 6) is 1.11. The zero-order valence-electron chi connectivity index (χ0n) is 15.9. The van der Waals surface area contributed by atoms with Gasteiger partial charge in [-0.2, -0.15) is 0 Å². The van der Waals surface area contributed by atoms with Crippen molar-refractivity contribution in [3.63, 3.8) is 0 Å². The fraction of sp³-hybridized carbons (Fsp3) is 0.409. The van der Waals surface area contributed by atoms with E-state index in [1.54, 1.807) is 12.1 Å². The second kappa shape index (κ2) is 9.42. The zero-order valence-corrected chi connectivity index (χ0v) is 15.9. The molecule has 144 valence electrons. The molecule has 3 rings (SSSR count). The highest BCUT2D eigenvalue weighted by Gasteiger charge is 2.18. The van der Waals surface area contributed by atoms with Gasteiger partial charge >= 0.3 is 0 Å². The SMILES string of the molecule is CC(Cc1ccc(O)cc1)NCc1ccccc1OCC(=O)N1CCCC1. The van der Waals surface area contributed by atoms with Crippen LogP contribution in [0.25, 0.3) is 0 Å². The van der Waals surface area contributed by atoms with Gasteiger partial charge in [-0.3, -0.25) is 4.79 Å². The number of aromatic hydroxyl groups is 1. The lowest BCUT2D eigenvalue weighted by Crippen LogP contribution is -2.32. The van der Waals surface area contributed by atoms with Crippen molar-refractivity contribution in [2.75, 3.05) is 19.7 Å². The Morgan fingerprint density at radius 3 is 2.59 bits per heavy atom. The highest BCUT2D eigenvalue weighted by Crippen LogP contribution is 2.19. The van der Waals surface area contributed by atoms with Crippen molar-refractivity contribution in [3.05, 3.63) is 59.7 Å². The Balaban J connectivity index is 1.50. The first-order valence-corrected chi connectivity index (χ1v) is 9.61. The molecule has 1 aliphatic rings. The van der Waals surface area contributed by atoms with E-state index >= 15 is 0 Å². The number of amides is 1. The third kappa shape index (κ3) is 5.73. The van der Waals surface area contributed by atoms with Crippen molar-refractivity contribution >= 4 is 5.91 Å². The summed E-state index contributed by atoms with van der Waals surface area (Å²) in [5, 5.41) is 12.9. The van der Waals surface area contributed by atoms with Crippen LogP contribution in [0.3, 0.4) is 0 Å². The van der Waals surface area contributed by atoms with Crippen molar-refractivity contribution in [1.82, 2.24) is 10.2 Å². The Labute approximate surface area is 161 Å². The summed E-state index contributed by atoms with van der Waals surface area (Å²) in [4.78, 5) is 14.1. The smallest absolute Gasteiger partial charge is 0.260 e. The van der Waals surface area contributed by atoms with Crippen LogP contribution < -0.4 is 10.1 Å². The Hall–Kier alpha value is -2.53. The van der Waals surface area contributed by atoms with Gasteiger partial charge in [-0.1, -0.05) is 30.3 Å². The van der Waals surface area contributed by atoms with Gasteiger partial charge in [0.25, 0.3) is 5.91 Å². The van der Waals surface area contributed by atoms with Gasteiger partial charge in [-0.15, -0.1) is 0 Å². The summed E-state index contributed by atoms with van der Waals surface area (Å²) < 4.78 is 5.82. The standard InChI is InChI=1S/C22H28N2O3/c1-17(14-18-8-10-20(25)11-9-18)23-15-19-6-2-3-7-21(19)27-16-22(26)24-12-4-5-13-24/h2-3,6-11,17,23,25H,4-5,12-16H2,1H3. The minimum atomic E-state index is 0.0657. The maximum absolute atomic E-state index is 12.2. The van der Waals surface area contributed by atoms with Crippen LogP contribution in [0, 0.1) is 0 Å². The van der Waals surface area contributed by atoms with Crippen molar-refractivity contribution in [2.45, 2.75) is 38.8 Å². The molecule has 0 bridgehead atoms. The molecular weight excluding hydrogens is 340 g/mol. The summed E-state index contributed by atoms with van der Waals surface area (Å²) in [5.41, 5.74) is 2.22. The predicted molar refractivity (Wildman–Crippen MR) is 106 cm³/mol. The lowest BCUT2D eigenvalue weighted by molar-refractivity contribution is -0.132. The van der Waals surface area contributed by atoms with Crippen LogP contribution >= 0.6 is 0 Å². The molecule has 2 aromatic rings. The Bertz CT molecular complexity index is 739. The van der Waals surface area contributed by atoms with Gasteiger partial charge in [-0.05, 0) is 49.9 Å². The topological polar surface area (TPSA) is 61.8 Å². The van der Waals surface area contributed by atoms with E-state index in [0.717, 1.165) is 43.7 Å². The Kier molecular flexibility index (Phi) is 6.71. The van der Waals surface area contributed by atoms with E-state index in [2.05, 4.69) is 12.2 Å². The van der Waals surface area contributed by atoms with E-state index in [9.17, 15) is 9.90 Å². The molecule has 1 saturated heterocycles. The normalized spacial score (nSPS) is 14.9. The molecule has 5 heteroatoms. The Morgan fingerprint density at radius 2 is 1.85 bits per heavy atom. The third-order valence-electron chi connectivity index (χ3n) is 4.90. The van der Waals surface area contributed by atoms with Crippen LogP contribution in [0.5, 0.6) is 11.5 Å². The average molecular weight is 368 g/mol. The van der Waals surface area contributed by atoms with Crippen LogP contribution in [-0.2, 0) is 17.8 Å². The van der Waals surface area contributed by atoms with Crippen molar-refractivity contribution in [2.24, 2.45) is 0 Å². The highest BCUT2D eigenvalue weighted by atomic mass is 16.5. The molecule has 0 saturated carbocycles. The number of benzene rings is 2. The third-order valence-corrected chi connectivity index (χ3v) is 4.90. The number of nitrogens with zero attached hydrogens (tertiary/aromatic N) is 1. The number of ether oxygens (including phenoxy) is 1. The van der Waals surface area contributed by atoms with Crippen molar-refractivity contribution in [1.29, 1.82) is 0 Å². The maximum atomic E-state index is 12.2. The molecule has 1 aliphatic heterocycles. The largest absolute Gasteiger partial charge is 0.508 e. The molecule has 1 fully saturated rings. The summed E-state index contributed by atoms with van der Waals surface area (Å²) in [6.45, 7) is 4.60. The summed E-state index contributed by atoms with van der Waals surface area (Å²) >= 11 is 0. The van der Waals surface area contributed by atoms with E-state index in [4.69, 9.17) is 4.74 Å². The van der Waals surface area contributed by atoms with Crippen molar-refractivity contribution in [3.8, 4) is 11.5 Å². The van der Waals surface area contributed by atoms with Gasteiger partial charge in [0.2, 0.25) is 0 Å². The maximum Gasteiger partial charge on any atom is 0.260 e. The molecule has 0 aliphatic carbocycles. The molecule has 1 unspecified atom stereocenters. The number of carbonyl (C=O) groups excluding carboxylic acids is 1. The molecule has 0 radical (unpaired) electrons. The number of hydrogen-bond acceptors (Lipinski definition) is 4. The number of phenolic OH excluding ortho intramolecular Hbond substituents is 1. The zero-order chi connectivity index (χ0) is 19.1. The van der Waals surface area contributed by atoms with Crippen LogP contribution in [0.15, 0.2) is 48.5 Å². The molecule has 0 aromatic heterocycles. The molecule has 1 atom stereocenters. The second-order valence-electron chi connectivity index (χ2n) is 7.14. The Morgan fingerprint density at radius 1 is 1.15 bits per heavy atom. The van der Waals surface area contributed by atoms with E-state index in [1.165, 1.54) is 5.56 Å². The summed E-state index contributed by atoms with van der Waals surface area (Å²) in [7, 11) is 0. The fourth-order valence-corrected chi connectivity index (χ4v) is 3.33. The van der Waals surface area contributed by atoms with Crippen LogP contribution in [0.1, 0.15) is 30.9 Å². The number of nitrogens with one attached hydrogen (secondary N) is 1. The van der Waals surface area contributed by atoms with Crippen LogP contribution in [0.4, 0.5) is 0 Å². The lowest BCUT2D eigenvalue weighted by Gasteiger charge is -2.18. The summed E-state index contributed by atoms with van der Waals surface area (Å²) in [6, 6.07) is 15.4. The molecule has 5 nitrogen and oxygen atoms in total. The number of para-hydroxylation sites is 1. The fourth-order valence-electron chi connectivity index (χ4n) is 3.33. The number of hydrogen-bond donors (Lipinski definition) is 2. The lowest BCUT2D eigenvalue weighted by atomic mass is 10.1. The van der Waals surface area contributed by atoms with Crippen LogP contribution in [0.2, 0.25) is 0 Å². The van der Waals surface area contributed by atoms with Crippen LogP contribution in [-0.4, -0.2) is 41.7 Å². The van der Waals surface area contributed by atoms with E-state index in [0.29, 0.717) is 6.54 Å². The molecule has 1 heterocycles. The monoisotopic (exact) mass is 368 g/mol. The van der Waals surface area contributed by atoms with Gasteiger partial charge in [0.05, 0.1) is 0 Å². The molecule has 2 N–H and O–H groups in total. The first-order valence-electron chi connectivity index (χ1n) is 9.61. The van der Waals surface area contributed by atoms with Gasteiger partial charge in [-0.25, -0.2) is 0 Å².